The van der Waals surface area contributed by atoms with Crippen LogP contribution in [0.5, 0.6) is 11.5 Å². The predicted octanol–water partition coefficient (Wildman–Crippen LogP) is 4.73. The van der Waals surface area contributed by atoms with E-state index in [-0.39, 0.29) is 31.0 Å². The third-order valence-electron chi connectivity index (χ3n) is 5.41. The minimum atomic E-state index is -0.655. The van der Waals surface area contributed by atoms with Crippen molar-refractivity contribution in [2.45, 2.75) is 59.2 Å². The van der Waals surface area contributed by atoms with Gasteiger partial charge in [0.05, 0.1) is 11.6 Å². The Morgan fingerprint density at radius 3 is 2.47 bits per heavy atom. The number of aryl methyl sites for hydroxylation is 1. The average Bonchev–Trinajstić information content (AvgIpc) is 2.80. The molecule has 2 rings (SSSR count). The fraction of sp³-hybridized carbons (Fsp3) is 0.440. The molecule has 2 aromatic carbocycles. The molecule has 2 aromatic rings. The number of carbonyl (C=O) groups excluding carboxylic acids is 2. The summed E-state index contributed by atoms with van der Waals surface area (Å²) in [6.45, 7) is 7.86. The number of halogens is 1. The summed E-state index contributed by atoms with van der Waals surface area (Å²) in [5.74, 6) is 0.826. The van der Waals surface area contributed by atoms with Gasteiger partial charge in [0.15, 0.2) is 6.61 Å². The molecule has 2 atom stereocenters. The maximum atomic E-state index is 13.2. The third kappa shape index (κ3) is 7.26. The number of ether oxygens (including phenoxy) is 2. The molecule has 0 aliphatic rings. The summed E-state index contributed by atoms with van der Waals surface area (Å²) in [6.07, 6.45) is 1.72. The molecular weight excluding hydrogens is 472 g/mol. The molecule has 0 aliphatic heterocycles. The molecule has 0 bridgehead atoms. The highest BCUT2D eigenvalue weighted by Gasteiger charge is 2.27. The number of methoxy groups -OCH3 is 1. The highest BCUT2D eigenvalue weighted by molar-refractivity contribution is 9.10. The smallest absolute Gasteiger partial charge is 0.261 e. The predicted molar refractivity (Wildman–Crippen MR) is 130 cm³/mol. The monoisotopic (exact) mass is 504 g/mol. The summed E-state index contributed by atoms with van der Waals surface area (Å²) in [4.78, 5) is 27.5. The van der Waals surface area contributed by atoms with E-state index in [4.69, 9.17) is 9.47 Å². The number of benzene rings is 2. The standard InChI is InChI=1S/C25H33BrN2O4/c1-6-17(3)27-25(30)18(4)28(15-20-9-8-10-21(13-20)31-5)24(29)16-32-23-12-11-19(7-2)14-22(23)26/h8-14,17-18H,6-7,15-16H2,1-5H3,(H,27,30)/t17-,18+/m0/s1. The highest BCUT2D eigenvalue weighted by atomic mass is 79.9. The van der Waals surface area contributed by atoms with Crippen molar-refractivity contribution in [2.75, 3.05) is 13.7 Å². The Labute approximate surface area is 199 Å². The van der Waals surface area contributed by atoms with Crippen LogP contribution in [0, 0.1) is 0 Å². The summed E-state index contributed by atoms with van der Waals surface area (Å²) in [7, 11) is 1.60. The topological polar surface area (TPSA) is 67.9 Å². The number of nitrogens with one attached hydrogen (secondary N) is 1. The lowest BCUT2D eigenvalue weighted by Gasteiger charge is -2.29. The first-order valence-corrected chi connectivity index (χ1v) is 11.7. The molecule has 0 fully saturated rings. The lowest BCUT2D eigenvalue weighted by Crippen LogP contribution is -2.50. The molecule has 32 heavy (non-hydrogen) atoms. The molecule has 0 saturated carbocycles. The normalized spacial score (nSPS) is 12.6. The summed E-state index contributed by atoms with van der Waals surface area (Å²) in [5, 5.41) is 2.96. The van der Waals surface area contributed by atoms with Crippen molar-refractivity contribution in [1.82, 2.24) is 10.2 Å². The minimum absolute atomic E-state index is 0.0306. The van der Waals surface area contributed by atoms with E-state index in [1.165, 1.54) is 5.56 Å². The zero-order chi connectivity index (χ0) is 23.7. The van der Waals surface area contributed by atoms with Crippen LogP contribution in [-0.2, 0) is 22.6 Å². The highest BCUT2D eigenvalue weighted by Crippen LogP contribution is 2.26. The van der Waals surface area contributed by atoms with Crippen LogP contribution in [0.25, 0.3) is 0 Å². The lowest BCUT2D eigenvalue weighted by molar-refractivity contribution is -0.142. The SMILES string of the molecule is CCc1ccc(OCC(=O)N(Cc2cccc(OC)c2)[C@H](C)C(=O)N[C@@H](C)CC)c(Br)c1. The first kappa shape index (κ1) is 25.7. The first-order chi connectivity index (χ1) is 15.3. The maximum absolute atomic E-state index is 13.2. The fourth-order valence-corrected chi connectivity index (χ4v) is 3.66. The summed E-state index contributed by atoms with van der Waals surface area (Å²) < 4.78 is 11.9. The van der Waals surface area contributed by atoms with Crippen LogP contribution in [-0.4, -0.2) is 42.5 Å². The van der Waals surface area contributed by atoms with Gasteiger partial charge >= 0.3 is 0 Å². The number of amides is 2. The summed E-state index contributed by atoms with van der Waals surface area (Å²) >= 11 is 3.50. The molecule has 0 unspecified atom stereocenters. The van der Waals surface area contributed by atoms with Gasteiger partial charge in [0.25, 0.3) is 5.91 Å². The van der Waals surface area contributed by atoms with E-state index in [0.29, 0.717) is 11.5 Å². The first-order valence-electron chi connectivity index (χ1n) is 10.9. The molecule has 0 heterocycles. The Hall–Kier alpha value is -2.54. The lowest BCUT2D eigenvalue weighted by atomic mass is 10.1. The van der Waals surface area contributed by atoms with Crippen molar-refractivity contribution in [3.63, 3.8) is 0 Å². The second-order valence-corrected chi connectivity index (χ2v) is 8.63. The molecule has 0 radical (unpaired) electrons. The number of carbonyl (C=O) groups is 2. The zero-order valence-corrected chi connectivity index (χ0v) is 21.1. The van der Waals surface area contributed by atoms with Gasteiger partial charge in [-0.05, 0) is 78.0 Å². The average molecular weight is 505 g/mol. The molecular formula is C25H33BrN2O4. The molecule has 0 spiro atoms. The Balaban J connectivity index is 2.19. The van der Waals surface area contributed by atoms with E-state index in [2.05, 4.69) is 28.2 Å². The molecule has 7 heteroatoms. The van der Waals surface area contributed by atoms with E-state index in [1.807, 2.05) is 56.3 Å². The maximum Gasteiger partial charge on any atom is 0.261 e. The van der Waals surface area contributed by atoms with Gasteiger partial charge in [-0.15, -0.1) is 0 Å². The minimum Gasteiger partial charge on any atom is -0.497 e. The fourth-order valence-electron chi connectivity index (χ4n) is 3.12. The Morgan fingerprint density at radius 1 is 1.09 bits per heavy atom. The van der Waals surface area contributed by atoms with Gasteiger partial charge in [-0.25, -0.2) is 0 Å². The summed E-state index contributed by atoms with van der Waals surface area (Å²) in [6, 6.07) is 12.7. The van der Waals surface area contributed by atoms with Crippen LogP contribution >= 0.6 is 15.9 Å². The van der Waals surface area contributed by atoms with E-state index in [1.54, 1.807) is 18.9 Å². The zero-order valence-electron chi connectivity index (χ0n) is 19.5. The molecule has 0 aromatic heterocycles. The van der Waals surface area contributed by atoms with Gasteiger partial charge in [0.1, 0.15) is 17.5 Å². The molecule has 1 N–H and O–H groups in total. The second-order valence-electron chi connectivity index (χ2n) is 7.77. The quantitative estimate of drug-likeness (QED) is 0.480. The van der Waals surface area contributed by atoms with Crippen molar-refractivity contribution in [3.8, 4) is 11.5 Å². The van der Waals surface area contributed by atoms with Crippen LogP contribution in [0.1, 0.15) is 45.2 Å². The number of hydrogen-bond donors (Lipinski definition) is 1. The van der Waals surface area contributed by atoms with Crippen molar-refractivity contribution >= 4 is 27.7 Å². The Bertz CT molecular complexity index is 919. The Morgan fingerprint density at radius 2 is 1.84 bits per heavy atom. The van der Waals surface area contributed by atoms with E-state index >= 15 is 0 Å². The van der Waals surface area contributed by atoms with Crippen molar-refractivity contribution in [3.05, 3.63) is 58.1 Å². The number of rotatable bonds is 11. The molecule has 0 saturated heterocycles. The molecule has 2 amide bonds. The van der Waals surface area contributed by atoms with Crippen molar-refractivity contribution in [1.29, 1.82) is 0 Å². The third-order valence-corrected chi connectivity index (χ3v) is 6.03. The van der Waals surface area contributed by atoms with Gasteiger partial charge < -0.3 is 19.7 Å². The number of nitrogens with zero attached hydrogens (tertiary/aromatic N) is 1. The van der Waals surface area contributed by atoms with E-state index < -0.39 is 6.04 Å². The Kier molecular flexibility index (Phi) is 10.0. The van der Waals surface area contributed by atoms with Crippen LogP contribution in [0.2, 0.25) is 0 Å². The van der Waals surface area contributed by atoms with Crippen LogP contribution in [0.15, 0.2) is 46.9 Å². The van der Waals surface area contributed by atoms with Gasteiger partial charge in [0, 0.05) is 12.6 Å². The van der Waals surface area contributed by atoms with Gasteiger partial charge in [-0.3, -0.25) is 9.59 Å². The molecule has 174 valence electrons. The van der Waals surface area contributed by atoms with Gasteiger partial charge in [-0.1, -0.05) is 32.0 Å². The van der Waals surface area contributed by atoms with Gasteiger partial charge in [0.2, 0.25) is 5.91 Å². The van der Waals surface area contributed by atoms with Crippen LogP contribution in [0.3, 0.4) is 0 Å². The van der Waals surface area contributed by atoms with Crippen LogP contribution in [0.4, 0.5) is 0 Å². The summed E-state index contributed by atoms with van der Waals surface area (Å²) in [5.41, 5.74) is 2.04. The van der Waals surface area contributed by atoms with Crippen LogP contribution < -0.4 is 14.8 Å². The van der Waals surface area contributed by atoms with E-state index in [0.717, 1.165) is 22.9 Å². The molecule has 0 aliphatic carbocycles. The van der Waals surface area contributed by atoms with Gasteiger partial charge in [-0.2, -0.15) is 0 Å². The largest absolute Gasteiger partial charge is 0.497 e. The van der Waals surface area contributed by atoms with Crippen molar-refractivity contribution < 1.29 is 19.1 Å². The van der Waals surface area contributed by atoms with E-state index in [9.17, 15) is 9.59 Å². The molecule has 6 nitrogen and oxygen atoms in total. The van der Waals surface area contributed by atoms with Crippen molar-refractivity contribution in [2.24, 2.45) is 0 Å². The number of hydrogen-bond acceptors (Lipinski definition) is 4. The second kappa shape index (κ2) is 12.5.